The van der Waals surface area contributed by atoms with Gasteiger partial charge in [-0.3, -0.25) is 14.5 Å². The molecule has 0 aliphatic carbocycles. The van der Waals surface area contributed by atoms with Gasteiger partial charge in [-0.1, -0.05) is 48.0 Å². The Morgan fingerprint density at radius 2 is 1.79 bits per heavy atom. The lowest BCUT2D eigenvalue weighted by Gasteiger charge is -2.27. The van der Waals surface area contributed by atoms with E-state index in [2.05, 4.69) is 22.3 Å². The second-order valence-corrected chi connectivity index (χ2v) is 11.2. The van der Waals surface area contributed by atoms with Crippen LogP contribution in [0.5, 0.6) is 0 Å². The molecule has 4 rings (SSSR count). The van der Waals surface area contributed by atoms with Gasteiger partial charge in [0.25, 0.3) is 5.91 Å². The Labute approximate surface area is 197 Å². The van der Waals surface area contributed by atoms with Crippen molar-refractivity contribution in [2.75, 3.05) is 17.6 Å². The van der Waals surface area contributed by atoms with Crippen molar-refractivity contribution in [1.82, 2.24) is 4.90 Å². The predicted octanol–water partition coefficient (Wildman–Crippen LogP) is 3.13. The largest absolute Gasteiger partial charge is 0.365 e. The minimum atomic E-state index is -3.81. The summed E-state index contributed by atoms with van der Waals surface area (Å²) in [6, 6.07) is 16.5. The number of fused-ring (bicyclic) bond motifs is 1. The molecule has 1 aromatic heterocycles. The van der Waals surface area contributed by atoms with Gasteiger partial charge in [0.1, 0.15) is 10.8 Å². The van der Waals surface area contributed by atoms with Gasteiger partial charge in [0.15, 0.2) is 9.84 Å². The average molecular weight is 484 g/mol. The minimum absolute atomic E-state index is 0.0837. The first-order valence-electron chi connectivity index (χ1n) is 10.5. The molecule has 0 saturated heterocycles. The fourth-order valence-corrected chi connectivity index (χ4v) is 6.39. The molecule has 3 N–H and O–H groups in total. The number of benzene rings is 2. The van der Waals surface area contributed by atoms with Crippen LogP contribution in [0.4, 0.5) is 5.00 Å². The van der Waals surface area contributed by atoms with E-state index in [0.717, 1.165) is 29.1 Å². The molecule has 172 valence electrons. The number of carbonyl (C=O) groups excluding carboxylic acids is 2. The molecule has 33 heavy (non-hydrogen) atoms. The Bertz CT molecular complexity index is 1280. The number of hydrogen-bond donors (Lipinski definition) is 2. The van der Waals surface area contributed by atoms with Crippen molar-refractivity contribution in [1.29, 1.82) is 0 Å². The van der Waals surface area contributed by atoms with Crippen molar-refractivity contribution < 1.29 is 18.0 Å². The highest BCUT2D eigenvalue weighted by molar-refractivity contribution is 7.92. The topological polar surface area (TPSA) is 110 Å². The number of amides is 2. The summed E-state index contributed by atoms with van der Waals surface area (Å²) in [5, 5.41) is 2.95. The zero-order valence-corrected chi connectivity index (χ0v) is 19.8. The van der Waals surface area contributed by atoms with Crippen molar-refractivity contribution in [2.45, 2.75) is 31.3 Å². The van der Waals surface area contributed by atoms with E-state index in [9.17, 15) is 18.0 Å². The molecule has 0 atom stereocenters. The van der Waals surface area contributed by atoms with Gasteiger partial charge in [0, 0.05) is 24.5 Å². The molecule has 2 heterocycles. The molecule has 1 aliphatic rings. The number of nitrogens with two attached hydrogens (primary N) is 1. The van der Waals surface area contributed by atoms with Gasteiger partial charge in [-0.25, -0.2) is 8.42 Å². The van der Waals surface area contributed by atoms with Crippen molar-refractivity contribution in [3.63, 3.8) is 0 Å². The molecule has 0 radical (unpaired) electrons. The second-order valence-electron chi connectivity index (χ2n) is 8.14. The second kappa shape index (κ2) is 9.46. The lowest BCUT2D eigenvalue weighted by atomic mass is 10.0. The summed E-state index contributed by atoms with van der Waals surface area (Å²) in [6.07, 6.45) is 0.633. The van der Waals surface area contributed by atoms with Crippen LogP contribution in [0.2, 0.25) is 0 Å². The number of hydrogen-bond acceptors (Lipinski definition) is 6. The summed E-state index contributed by atoms with van der Waals surface area (Å²) in [5.41, 5.74) is 8.89. The number of primary amides is 1. The maximum Gasteiger partial charge on any atom is 0.251 e. The van der Waals surface area contributed by atoms with E-state index in [-0.39, 0.29) is 10.5 Å². The molecular weight excluding hydrogens is 458 g/mol. The van der Waals surface area contributed by atoms with Gasteiger partial charge >= 0.3 is 0 Å². The van der Waals surface area contributed by atoms with Crippen LogP contribution in [0.3, 0.4) is 0 Å². The van der Waals surface area contributed by atoms with E-state index >= 15 is 0 Å². The lowest BCUT2D eigenvalue weighted by molar-refractivity contribution is -0.113. The first-order chi connectivity index (χ1) is 15.7. The molecule has 0 unspecified atom stereocenters. The van der Waals surface area contributed by atoms with E-state index < -0.39 is 27.4 Å². The predicted molar refractivity (Wildman–Crippen MR) is 129 cm³/mol. The van der Waals surface area contributed by atoms with Crippen LogP contribution in [0.1, 0.15) is 31.9 Å². The monoisotopic (exact) mass is 483 g/mol. The van der Waals surface area contributed by atoms with Crippen LogP contribution >= 0.6 is 11.3 Å². The summed E-state index contributed by atoms with van der Waals surface area (Å²) < 4.78 is 25.2. The van der Waals surface area contributed by atoms with E-state index in [4.69, 9.17) is 5.73 Å². The van der Waals surface area contributed by atoms with Crippen LogP contribution in [0, 0.1) is 6.92 Å². The van der Waals surface area contributed by atoms with Crippen LogP contribution in [-0.4, -0.2) is 37.4 Å². The summed E-state index contributed by atoms with van der Waals surface area (Å²) >= 11 is 1.29. The Morgan fingerprint density at radius 1 is 1.09 bits per heavy atom. The molecule has 0 fully saturated rings. The number of nitrogens with zero attached hydrogens (tertiary/aromatic N) is 1. The van der Waals surface area contributed by atoms with Crippen LogP contribution in [-0.2, 0) is 34.1 Å². The lowest BCUT2D eigenvalue weighted by Crippen LogP contribution is -2.30. The summed E-state index contributed by atoms with van der Waals surface area (Å²) in [5.74, 6) is -2.03. The van der Waals surface area contributed by atoms with E-state index in [1.165, 1.54) is 29.0 Å². The van der Waals surface area contributed by atoms with Gasteiger partial charge in [-0.2, -0.15) is 0 Å². The number of thiophene rings is 1. The molecule has 1 aliphatic heterocycles. The molecule has 2 amide bonds. The first kappa shape index (κ1) is 23.2. The molecule has 2 aromatic carbocycles. The van der Waals surface area contributed by atoms with E-state index in [0.29, 0.717) is 18.0 Å². The van der Waals surface area contributed by atoms with Crippen molar-refractivity contribution in [3.05, 3.63) is 81.7 Å². The molecule has 0 bridgehead atoms. The van der Waals surface area contributed by atoms with Gasteiger partial charge in [-0.05, 0) is 36.6 Å². The smallest absolute Gasteiger partial charge is 0.251 e. The van der Waals surface area contributed by atoms with E-state index in [1.54, 1.807) is 12.1 Å². The molecule has 3 aromatic rings. The minimum Gasteiger partial charge on any atom is -0.365 e. The zero-order chi connectivity index (χ0) is 23.6. The molecule has 0 saturated carbocycles. The Hall–Kier alpha value is -3.01. The third-order valence-corrected chi connectivity index (χ3v) is 8.35. The number of carbonyl (C=O) groups is 2. The number of nitrogens with one attached hydrogen (secondary N) is 1. The zero-order valence-electron chi connectivity index (χ0n) is 18.2. The number of anilines is 1. The number of aryl methyl sites for hydroxylation is 1. The van der Waals surface area contributed by atoms with Crippen molar-refractivity contribution >= 4 is 38.0 Å². The molecule has 7 nitrogen and oxygen atoms in total. The normalized spacial score (nSPS) is 14.0. The average Bonchev–Trinajstić information content (AvgIpc) is 3.11. The van der Waals surface area contributed by atoms with Gasteiger partial charge in [0.05, 0.1) is 10.5 Å². The Balaban J connectivity index is 1.51. The standard InChI is InChI=1S/C24H25N3O4S2/c1-16-7-9-18(10-8-16)33(30,31)15-21(28)26-24-22(23(25)29)19-11-12-27(14-20(19)32-24)13-17-5-3-2-4-6-17/h2-10H,11-15H2,1H3,(H2,25,29)(H,26,28). The summed E-state index contributed by atoms with van der Waals surface area (Å²) in [7, 11) is -3.81. The first-order valence-corrected chi connectivity index (χ1v) is 13.0. The van der Waals surface area contributed by atoms with Crippen LogP contribution in [0.15, 0.2) is 59.5 Å². The summed E-state index contributed by atoms with van der Waals surface area (Å²) in [4.78, 5) is 28.1. The Kier molecular flexibility index (Phi) is 6.64. The van der Waals surface area contributed by atoms with Crippen LogP contribution in [0.25, 0.3) is 0 Å². The quantitative estimate of drug-likeness (QED) is 0.537. The van der Waals surface area contributed by atoms with Gasteiger partial charge in [0.2, 0.25) is 5.91 Å². The molecule has 0 spiro atoms. The maximum absolute atomic E-state index is 12.6. The fraction of sp³-hybridized carbons (Fsp3) is 0.250. The van der Waals surface area contributed by atoms with Crippen LogP contribution < -0.4 is 11.1 Å². The molecular formula is C24H25N3O4S2. The summed E-state index contributed by atoms with van der Waals surface area (Å²) in [6.45, 7) is 4.02. The number of rotatable bonds is 7. The van der Waals surface area contributed by atoms with Crippen molar-refractivity contribution in [3.8, 4) is 0 Å². The third-order valence-electron chi connectivity index (χ3n) is 5.59. The maximum atomic E-state index is 12.6. The highest BCUT2D eigenvalue weighted by atomic mass is 32.2. The van der Waals surface area contributed by atoms with Gasteiger partial charge in [-0.15, -0.1) is 11.3 Å². The highest BCUT2D eigenvalue weighted by Gasteiger charge is 2.29. The molecule has 9 heteroatoms. The SMILES string of the molecule is Cc1ccc(S(=O)(=O)CC(=O)Nc2sc3c(c2C(N)=O)CCN(Cc2ccccc2)C3)cc1. The highest BCUT2D eigenvalue weighted by Crippen LogP contribution is 2.37. The van der Waals surface area contributed by atoms with Crippen molar-refractivity contribution in [2.24, 2.45) is 5.73 Å². The van der Waals surface area contributed by atoms with Gasteiger partial charge < -0.3 is 11.1 Å². The fourth-order valence-electron chi connectivity index (χ4n) is 3.95. The Morgan fingerprint density at radius 3 is 2.45 bits per heavy atom. The third kappa shape index (κ3) is 5.32. The van der Waals surface area contributed by atoms with E-state index in [1.807, 2.05) is 25.1 Å². The number of sulfone groups is 1.